The van der Waals surface area contributed by atoms with Crippen LogP contribution in [0.4, 0.5) is 13.2 Å². The lowest BCUT2D eigenvalue weighted by Gasteiger charge is -2.26. The number of rotatable bonds is 0. The maximum atomic E-state index is 12.6. The molecule has 2 aliphatic heterocycles. The first-order valence-corrected chi connectivity index (χ1v) is 6.89. The minimum Gasteiger partial charge on any atom is -0.334 e. The number of fused-ring (bicyclic) bond motifs is 3. The summed E-state index contributed by atoms with van der Waals surface area (Å²) in [5, 5.41) is 0.588. The van der Waals surface area contributed by atoms with E-state index in [1.807, 2.05) is 12.1 Å². The zero-order valence-corrected chi connectivity index (χ0v) is 11.3. The van der Waals surface area contributed by atoms with E-state index in [0.717, 1.165) is 28.9 Å². The molecule has 0 aromatic heterocycles. The molecule has 3 aliphatic rings. The molecule has 1 saturated heterocycles. The zero-order chi connectivity index (χ0) is 14.5. The van der Waals surface area contributed by atoms with Gasteiger partial charge in [-0.1, -0.05) is 17.7 Å². The molecule has 0 N–H and O–H groups in total. The molecule has 2 unspecified atom stereocenters. The fourth-order valence-corrected chi connectivity index (χ4v) is 3.50. The van der Waals surface area contributed by atoms with E-state index in [0.29, 0.717) is 5.02 Å². The van der Waals surface area contributed by atoms with E-state index >= 15 is 0 Å². The molecule has 1 aromatic carbocycles. The fraction of sp³-hybridized carbons (Fsp3) is 0.500. The molecule has 4 rings (SSSR count). The number of alkyl halides is 3. The number of carbonyl (C=O) groups excluding carboxylic acids is 1. The van der Waals surface area contributed by atoms with Gasteiger partial charge in [0.1, 0.15) is 0 Å². The SMILES string of the molecule is O=C(N1CC2CCC(C1)c1cc(Cl)ccc12)C(F)(F)F. The van der Waals surface area contributed by atoms with Crippen LogP contribution in [0.2, 0.25) is 5.02 Å². The molecule has 1 amide bonds. The molecule has 2 bridgehead atoms. The molecule has 1 aliphatic carbocycles. The summed E-state index contributed by atoms with van der Waals surface area (Å²) >= 11 is 5.98. The van der Waals surface area contributed by atoms with E-state index in [9.17, 15) is 18.0 Å². The van der Waals surface area contributed by atoms with Crippen LogP contribution in [0.25, 0.3) is 0 Å². The van der Waals surface area contributed by atoms with Gasteiger partial charge in [0.15, 0.2) is 0 Å². The Bertz CT molecular complexity index is 558. The van der Waals surface area contributed by atoms with Crippen LogP contribution in [0.5, 0.6) is 0 Å². The highest BCUT2D eigenvalue weighted by molar-refractivity contribution is 6.30. The minimum atomic E-state index is -4.80. The average molecular weight is 304 g/mol. The number of halogens is 4. The van der Waals surface area contributed by atoms with Crippen LogP contribution in [-0.2, 0) is 4.79 Å². The standard InChI is InChI=1S/C14H13ClF3NO/c15-10-3-4-11-8-1-2-9(12(11)5-10)7-19(6-8)13(20)14(16,17)18/h3-5,8-9H,1-2,6-7H2. The Morgan fingerprint density at radius 1 is 1.15 bits per heavy atom. The van der Waals surface area contributed by atoms with Crippen molar-refractivity contribution < 1.29 is 18.0 Å². The predicted molar refractivity (Wildman–Crippen MR) is 68.8 cm³/mol. The smallest absolute Gasteiger partial charge is 0.334 e. The molecule has 20 heavy (non-hydrogen) atoms. The van der Waals surface area contributed by atoms with E-state index in [1.54, 1.807) is 6.07 Å². The van der Waals surface area contributed by atoms with Crippen molar-refractivity contribution in [3.05, 3.63) is 34.3 Å². The molecule has 0 saturated carbocycles. The quantitative estimate of drug-likeness (QED) is 0.715. The van der Waals surface area contributed by atoms with Gasteiger partial charge < -0.3 is 4.90 Å². The van der Waals surface area contributed by atoms with Gasteiger partial charge in [-0.05, 0) is 36.1 Å². The van der Waals surface area contributed by atoms with E-state index in [1.165, 1.54) is 0 Å². The van der Waals surface area contributed by atoms with Crippen LogP contribution in [0, 0.1) is 0 Å². The number of nitrogens with zero attached hydrogens (tertiary/aromatic N) is 1. The normalized spacial score (nSPS) is 25.3. The summed E-state index contributed by atoms with van der Waals surface area (Å²) in [6, 6.07) is 5.47. The number of carbonyl (C=O) groups is 1. The number of benzene rings is 1. The highest BCUT2D eigenvalue weighted by Crippen LogP contribution is 2.44. The van der Waals surface area contributed by atoms with Gasteiger partial charge in [-0.25, -0.2) is 0 Å². The third-order valence-corrected chi connectivity index (χ3v) is 4.44. The van der Waals surface area contributed by atoms with Gasteiger partial charge >= 0.3 is 12.1 Å². The zero-order valence-electron chi connectivity index (χ0n) is 10.6. The molecular formula is C14H13ClF3NO. The second-order valence-corrected chi connectivity index (χ2v) is 5.89. The van der Waals surface area contributed by atoms with Crippen molar-refractivity contribution >= 4 is 17.5 Å². The molecule has 6 heteroatoms. The van der Waals surface area contributed by atoms with E-state index in [4.69, 9.17) is 11.6 Å². The number of amides is 1. The largest absolute Gasteiger partial charge is 0.471 e. The summed E-state index contributed by atoms with van der Waals surface area (Å²) < 4.78 is 37.9. The Labute approximate surface area is 119 Å². The maximum Gasteiger partial charge on any atom is 0.471 e. The summed E-state index contributed by atoms with van der Waals surface area (Å²) in [5.41, 5.74) is 2.05. The summed E-state index contributed by atoms with van der Waals surface area (Å²) in [6.07, 6.45) is -3.17. The summed E-state index contributed by atoms with van der Waals surface area (Å²) in [7, 11) is 0. The lowest BCUT2D eigenvalue weighted by Crippen LogP contribution is -2.42. The third-order valence-electron chi connectivity index (χ3n) is 4.20. The van der Waals surface area contributed by atoms with Gasteiger partial charge in [0, 0.05) is 29.9 Å². The average Bonchev–Trinajstić information content (AvgIpc) is 2.67. The Morgan fingerprint density at radius 2 is 1.75 bits per heavy atom. The van der Waals surface area contributed by atoms with E-state index in [2.05, 4.69) is 0 Å². The highest BCUT2D eigenvalue weighted by atomic mass is 35.5. The second kappa shape index (κ2) is 4.65. The van der Waals surface area contributed by atoms with Gasteiger partial charge in [-0.3, -0.25) is 4.79 Å². The molecule has 108 valence electrons. The van der Waals surface area contributed by atoms with Gasteiger partial charge in [0.2, 0.25) is 0 Å². The molecule has 2 nitrogen and oxygen atoms in total. The van der Waals surface area contributed by atoms with Gasteiger partial charge in [-0.2, -0.15) is 13.2 Å². The summed E-state index contributed by atoms with van der Waals surface area (Å²) in [6.45, 7) is 0.270. The molecule has 0 spiro atoms. The molecule has 2 atom stereocenters. The van der Waals surface area contributed by atoms with Gasteiger partial charge in [-0.15, -0.1) is 0 Å². The molecule has 1 aromatic rings. The second-order valence-electron chi connectivity index (χ2n) is 5.45. The molecule has 0 radical (unpaired) electrons. The van der Waals surface area contributed by atoms with Crippen LogP contribution in [-0.4, -0.2) is 30.1 Å². The van der Waals surface area contributed by atoms with Gasteiger partial charge in [0.05, 0.1) is 0 Å². The van der Waals surface area contributed by atoms with Crippen LogP contribution < -0.4 is 0 Å². The first-order chi connectivity index (χ1) is 9.36. The van der Waals surface area contributed by atoms with Crippen molar-refractivity contribution in [2.75, 3.05) is 13.1 Å². The van der Waals surface area contributed by atoms with E-state index in [-0.39, 0.29) is 24.9 Å². The third kappa shape index (κ3) is 2.28. The van der Waals surface area contributed by atoms with Crippen LogP contribution >= 0.6 is 11.6 Å². The summed E-state index contributed by atoms with van der Waals surface area (Å²) in [4.78, 5) is 12.4. The first kappa shape index (κ1) is 13.7. The van der Waals surface area contributed by atoms with Crippen molar-refractivity contribution in [2.45, 2.75) is 30.9 Å². The monoisotopic (exact) mass is 303 g/mol. The Hall–Kier alpha value is -1.23. The van der Waals surface area contributed by atoms with Crippen molar-refractivity contribution in [1.82, 2.24) is 4.90 Å². The first-order valence-electron chi connectivity index (χ1n) is 6.51. The number of hydrogen-bond acceptors (Lipinski definition) is 1. The highest BCUT2D eigenvalue weighted by Gasteiger charge is 2.46. The number of hydrogen-bond donors (Lipinski definition) is 0. The van der Waals surface area contributed by atoms with Crippen LogP contribution in [0.3, 0.4) is 0 Å². The van der Waals surface area contributed by atoms with Crippen molar-refractivity contribution in [3.63, 3.8) is 0 Å². The molecular weight excluding hydrogens is 291 g/mol. The van der Waals surface area contributed by atoms with Crippen molar-refractivity contribution in [3.8, 4) is 0 Å². The maximum absolute atomic E-state index is 12.6. The van der Waals surface area contributed by atoms with Gasteiger partial charge in [0.25, 0.3) is 0 Å². The predicted octanol–water partition coefficient (Wildman–Crippen LogP) is 3.71. The van der Waals surface area contributed by atoms with Crippen molar-refractivity contribution in [2.24, 2.45) is 0 Å². The lowest BCUT2D eigenvalue weighted by atomic mass is 9.78. The summed E-state index contributed by atoms with van der Waals surface area (Å²) in [5.74, 6) is -1.80. The Morgan fingerprint density at radius 3 is 2.35 bits per heavy atom. The van der Waals surface area contributed by atoms with E-state index < -0.39 is 12.1 Å². The fourth-order valence-electron chi connectivity index (χ4n) is 3.32. The minimum absolute atomic E-state index is 0.0210. The Kier molecular flexibility index (Phi) is 3.20. The Balaban J connectivity index is 1.95. The van der Waals surface area contributed by atoms with Crippen LogP contribution in [0.1, 0.15) is 35.8 Å². The molecule has 2 heterocycles. The topological polar surface area (TPSA) is 20.3 Å². The van der Waals surface area contributed by atoms with Crippen LogP contribution in [0.15, 0.2) is 18.2 Å². The van der Waals surface area contributed by atoms with Crippen molar-refractivity contribution in [1.29, 1.82) is 0 Å². The lowest BCUT2D eigenvalue weighted by molar-refractivity contribution is -0.185. The molecule has 1 fully saturated rings.